The fraction of sp³-hybridized carbons (Fsp3) is 0.385. The summed E-state index contributed by atoms with van der Waals surface area (Å²) in [6, 6.07) is 16.8. The molecule has 0 bridgehead atoms. The first-order chi connectivity index (χ1) is 16.2. The van der Waals surface area contributed by atoms with Crippen molar-refractivity contribution in [3.63, 3.8) is 0 Å². The van der Waals surface area contributed by atoms with Crippen LogP contribution in [0.2, 0.25) is 0 Å². The predicted octanol–water partition coefficient (Wildman–Crippen LogP) is 4.79. The Morgan fingerprint density at radius 3 is 2.32 bits per heavy atom. The maximum atomic E-state index is 13.4. The van der Waals surface area contributed by atoms with E-state index in [4.69, 9.17) is 0 Å². The highest BCUT2D eigenvalue weighted by atomic mass is 32.2. The van der Waals surface area contributed by atoms with Gasteiger partial charge in [0, 0.05) is 24.3 Å². The van der Waals surface area contributed by atoms with Crippen molar-refractivity contribution in [1.82, 2.24) is 14.1 Å². The minimum Gasteiger partial charge on any atom is -0.324 e. The summed E-state index contributed by atoms with van der Waals surface area (Å²) in [4.78, 5) is 13.4. The van der Waals surface area contributed by atoms with E-state index in [2.05, 4.69) is 17.3 Å². The van der Waals surface area contributed by atoms with Crippen molar-refractivity contribution in [3.8, 4) is 11.1 Å². The highest BCUT2D eigenvalue weighted by Crippen LogP contribution is 2.31. The van der Waals surface area contributed by atoms with Crippen LogP contribution < -0.4 is 5.32 Å². The van der Waals surface area contributed by atoms with Crippen LogP contribution in [0.4, 0.5) is 5.69 Å². The average molecular weight is 481 g/mol. The highest BCUT2D eigenvalue weighted by Gasteiger charge is 2.34. The minimum atomic E-state index is -3.67. The van der Waals surface area contributed by atoms with Crippen molar-refractivity contribution < 1.29 is 13.2 Å². The Balaban J connectivity index is 1.59. The molecule has 180 valence electrons. The van der Waals surface area contributed by atoms with E-state index in [1.54, 1.807) is 25.1 Å². The lowest BCUT2D eigenvalue weighted by Gasteiger charge is -2.29. The van der Waals surface area contributed by atoms with Crippen molar-refractivity contribution >= 4 is 21.6 Å². The van der Waals surface area contributed by atoms with Crippen LogP contribution in [0.5, 0.6) is 0 Å². The number of carbonyl (C=O) groups is 1. The minimum absolute atomic E-state index is 0.214. The number of hydrogen-bond donors (Lipinski definition) is 1. The molecule has 1 amide bonds. The van der Waals surface area contributed by atoms with Gasteiger partial charge in [-0.25, -0.2) is 8.42 Å². The number of para-hydroxylation sites is 1. The van der Waals surface area contributed by atoms with Gasteiger partial charge in [0.25, 0.3) is 0 Å². The van der Waals surface area contributed by atoms with Gasteiger partial charge in [-0.15, -0.1) is 0 Å². The molecule has 2 aromatic carbocycles. The zero-order valence-electron chi connectivity index (χ0n) is 20.2. The van der Waals surface area contributed by atoms with Crippen molar-refractivity contribution in [1.29, 1.82) is 0 Å². The number of carbonyl (C=O) groups excluding carboxylic acids is 1. The molecule has 1 N–H and O–H groups in total. The standard InChI is InChI=1S/C26H32N4O3S/c1-18-14-16-29(17-15-18)34(32,33)25-19(2)28-30(20(25)3)21(4)26(31)27-24-13-9-8-12-23(24)22-10-6-5-7-11-22/h5-13,18,21H,14-17H2,1-4H3,(H,27,31). The van der Waals surface area contributed by atoms with Crippen molar-refractivity contribution in [2.24, 2.45) is 5.92 Å². The molecule has 34 heavy (non-hydrogen) atoms. The molecule has 1 unspecified atom stereocenters. The summed E-state index contributed by atoms with van der Waals surface area (Å²) in [5.41, 5.74) is 3.51. The van der Waals surface area contributed by atoms with Crippen LogP contribution in [0.15, 0.2) is 59.5 Å². The summed E-state index contributed by atoms with van der Waals surface area (Å²) >= 11 is 0. The molecule has 1 aliphatic heterocycles. The van der Waals surface area contributed by atoms with E-state index in [-0.39, 0.29) is 10.8 Å². The van der Waals surface area contributed by atoms with Crippen LogP contribution >= 0.6 is 0 Å². The van der Waals surface area contributed by atoms with Gasteiger partial charge in [0.15, 0.2) is 0 Å². The third-order valence-corrected chi connectivity index (χ3v) is 8.77. The van der Waals surface area contributed by atoms with E-state index in [1.807, 2.05) is 54.6 Å². The number of aryl methyl sites for hydroxylation is 1. The van der Waals surface area contributed by atoms with E-state index in [9.17, 15) is 13.2 Å². The number of amides is 1. The van der Waals surface area contributed by atoms with Gasteiger partial charge in [-0.1, -0.05) is 55.5 Å². The lowest BCUT2D eigenvalue weighted by atomic mass is 10.0. The molecule has 7 nitrogen and oxygen atoms in total. The van der Waals surface area contributed by atoms with Gasteiger partial charge in [0.1, 0.15) is 10.9 Å². The number of anilines is 1. The van der Waals surface area contributed by atoms with E-state index in [1.165, 1.54) is 4.68 Å². The number of rotatable bonds is 6. The summed E-state index contributed by atoms with van der Waals surface area (Å²) < 4.78 is 29.9. The van der Waals surface area contributed by atoms with Crippen molar-refractivity contribution in [2.45, 2.75) is 51.5 Å². The van der Waals surface area contributed by atoms with Crippen molar-refractivity contribution in [3.05, 3.63) is 66.0 Å². The number of aromatic nitrogens is 2. The van der Waals surface area contributed by atoms with Gasteiger partial charge < -0.3 is 5.32 Å². The molecular weight excluding hydrogens is 448 g/mol. The fourth-order valence-corrected chi connectivity index (χ4v) is 6.39. The van der Waals surface area contributed by atoms with Crippen LogP contribution in [-0.4, -0.2) is 41.5 Å². The highest BCUT2D eigenvalue weighted by molar-refractivity contribution is 7.89. The van der Waals surface area contributed by atoms with E-state index in [0.717, 1.165) is 24.0 Å². The summed E-state index contributed by atoms with van der Waals surface area (Å²) in [7, 11) is -3.67. The number of hydrogen-bond acceptors (Lipinski definition) is 4. The van der Waals surface area contributed by atoms with Gasteiger partial charge in [-0.2, -0.15) is 9.40 Å². The summed E-state index contributed by atoms with van der Waals surface area (Å²) in [6.45, 7) is 8.33. The zero-order chi connectivity index (χ0) is 24.5. The van der Waals surface area contributed by atoms with Gasteiger partial charge in [0.05, 0.1) is 11.4 Å². The third kappa shape index (κ3) is 4.65. The Labute approximate surface area is 201 Å². The van der Waals surface area contributed by atoms with E-state index in [0.29, 0.717) is 36.1 Å². The molecule has 1 fully saturated rings. The Morgan fingerprint density at radius 2 is 1.65 bits per heavy atom. The summed E-state index contributed by atoms with van der Waals surface area (Å²) in [5.74, 6) is 0.267. The van der Waals surface area contributed by atoms with Crippen LogP contribution in [0.3, 0.4) is 0 Å². The number of sulfonamides is 1. The molecule has 0 saturated carbocycles. The predicted molar refractivity (Wildman–Crippen MR) is 134 cm³/mol. The van der Waals surface area contributed by atoms with Gasteiger partial charge in [-0.05, 0) is 51.2 Å². The summed E-state index contributed by atoms with van der Waals surface area (Å²) in [5, 5.41) is 7.49. The maximum Gasteiger partial charge on any atom is 0.248 e. The number of nitrogens with one attached hydrogen (secondary N) is 1. The molecule has 3 aromatic rings. The first-order valence-electron chi connectivity index (χ1n) is 11.7. The molecule has 1 saturated heterocycles. The topological polar surface area (TPSA) is 84.3 Å². The Morgan fingerprint density at radius 1 is 1.03 bits per heavy atom. The lowest BCUT2D eigenvalue weighted by Crippen LogP contribution is -2.38. The first kappa shape index (κ1) is 24.2. The monoisotopic (exact) mass is 480 g/mol. The fourth-order valence-electron chi connectivity index (χ4n) is 4.56. The van der Waals surface area contributed by atoms with Crippen molar-refractivity contribution in [2.75, 3.05) is 18.4 Å². The molecule has 2 heterocycles. The summed E-state index contributed by atoms with van der Waals surface area (Å²) in [6.07, 6.45) is 1.70. The average Bonchev–Trinajstić information content (AvgIpc) is 3.14. The van der Waals surface area contributed by atoms with Gasteiger partial charge in [0.2, 0.25) is 15.9 Å². The lowest BCUT2D eigenvalue weighted by molar-refractivity contribution is -0.119. The van der Waals surface area contributed by atoms with E-state index < -0.39 is 16.1 Å². The van der Waals surface area contributed by atoms with Crippen LogP contribution in [-0.2, 0) is 14.8 Å². The SMILES string of the molecule is Cc1nn(C(C)C(=O)Nc2ccccc2-c2ccccc2)c(C)c1S(=O)(=O)N1CCC(C)CC1. The van der Waals surface area contributed by atoms with Crippen LogP contribution in [0, 0.1) is 19.8 Å². The largest absolute Gasteiger partial charge is 0.324 e. The number of piperidine rings is 1. The van der Waals surface area contributed by atoms with Gasteiger partial charge in [-0.3, -0.25) is 9.48 Å². The Bertz CT molecular complexity index is 1280. The van der Waals surface area contributed by atoms with Crippen LogP contribution in [0.25, 0.3) is 11.1 Å². The second-order valence-electron chi connectivity index (χ2n) is 9.11. The Kier molecular flexibility index (Phi) is 6.91. The van der Waals surface area contributed by atoms with Crippen LogP contribution in [0.1, 0.15) is 44.1 Å². The normalized spacial score (nSPS) is 16.4. The number of benzene rings is 2. The molecular formula is C26H32N4O3S. The van der Waals surface area contributed by atoms with Gasteiger partial charge >= 0.3 is 0 Å². The molecule has 1 aromatic heterocycles. The quantitative estimate of drug-likeness (QED) is 0.550. The zero-order valence-corrected chi connectivity index (χ0v) is 21.0. The smallest absolute Gasteiger partial charge is 0.248 e. The molecule has 0 radical (unpaired) electrons. The molecule has 0 aliphatic carbocycles. The second kappa shape index (κ2) is 9.72. The maximum absolute atomic E-state index is 13.4. The molecule has 8 heteroatoms. The molecule has 1 aliphatic rings. The third-order valence-electron chi connectivity index (χ3n) is 6.62. The molecule has 1 atom stereocenters. The molecule has 0 spiro atoms. The van der Waals surface area contributed by atoms with E-state index >= 15 is 0 Å². The Hall–Kier alpha value is -2.97. The number of nitrogens with zero attached hydrogens (tertiary/aromatic N) is 3. The molecule has 4 rings (SSSR count). The first-order valence-corrected chi connectivity index (χ1v) is 13.1. The second-order valence-corrected chi connectivity index (χ2v) is 11.0.